The van der Waals surface area contributed by atoms with Crippen molar-refractivity contribution in [1.29, 1.82) is 5.26 Å². The van der Waals surface area contributed by atoms with Gasteiger partial charge in [-0.05, 0) is 30.3 Å². The molecule has 0 bridgehead atoms. The summed E-state index contributed by atoms with van der Waals surface area (Å²) in [5, 5.41) is 19.7. The molecular formula is C13H7BrN2O2S. The lowest BCUT2D eigenvalue weighted by molar-refractivity contribution is -0.385. The van der Waals surface area contributed by atoms with E-state index < -0.39 is 4.92 Å². The largest absolute Gasteiger partial charge is 0.287 e. The normalized spacial score (nSPS) is 9.89. The molecule has 0 radical (unpaired) electrons. The minimum atomic E-state index is -0.549. The first-order valence-corrected chi connectivity index (χ1v) is 6.83. The monoisotopic (exact) mass is 334 g/mol. The summed E-state index contributed by atoms with van der Waals surface area (Å²) < 4.78 is 0.958. The first-order chi connectivity index (χ1) is 9.10. The van der Waals surface area contributed by atoms with Gasteiger partial charge in [0.15, 0.2) is 0 Å². The van der Waals surface area contributed by atoms with E-state index in [1.165, 1.54) is 23.9 Å². The summed E-state index contributed by atoms with van der Waals surface area (Å²) in [6.45, 7) is 0. The summed E-state index contributed by atoms with van der Waals surface area (Å²) in [7, 11) is 0. The maximum atomic E-state index is 10.7. The molecule has 0 saturated carbocycles. The van der Waals surface area contributed by atoms with Crippen molar-refractivity contribution in [2.75, 3.05) is 0 Å². The Morgan fingerprint density at radius 2 is 1.95 bits per heavy atom. The van der Waals surface area contributed by atoms with Crippen LogP contribution in [0.15, 0.2) is 56.7 Å². The molecule has 94 valence electrons. The van der Waals surface area contributed by atoms with Gasteiger partial charge in [-0.3, -0.25) is 10.1 Å². The number of hydrogen-bond acceptors (Lipinski definition) is 4. The lowest BCUT2D eigenvalue weighted by Crippen LogP contribution is -1.92. The highest BCUT2D eigenvalue weighted by Gasteiger charge is 2.14. The average Bonchev–Trinajstić information content (AvgIpc) is 2.38. The third-order valence-electron chi connectivity index (χ3n) is 2.32. The fourth-order valence-corrected chi connectivity index (χ4v) is 2.96. The van der Waals surface area contributed by atoms with Gasteiger partial charge in [0.25, 0.3) is 5.69 Å². The van der Waals surface area contributed by atoms with Gasteiger partial charge >= 0.3 is 0 Å². The predicted octanol–water partition coefficient (Wildman–Crippen LogP) is 4.38. The van der Waals surface area contributed by atoms with Crippen molar-refractivity contribution >= 4 is 33.4 Å². The second kappa shape index (κ2) is 5.87. The molecular weight excluding hydrogens is 328 g/mol. The number of hydrogen-bond donors (Lipinski definition) is 0. The van der Waals surface area contributed by atoms with Crippen molar-refractivity contribution in [3.05, 3.63) is 62.6 Å². The van der Waals surface area contributed by atoms with E-state index in [2.05, 4.69) is 15.9 Å². The van der Waals surface area contributed by atoms with Crippen LogP contribution >= 0.6 is 27.7 Å². The first-order valence-electron chi connectivity index (χ1n) is 5.22. The van der Waals surface area contributed by atoms with Crippen molar-refractivity contribution in [2.24, 2.45) is 0 Å². The molecule has 19 heavy (non-hydrogen) atoms. The molecule has 0 N–H and O–H groups in total. The topological polar surface area (TPSA) is 66.9 Å². The fraction of sp³-hybridized carbons (Fsp3) is 0. The minimum absolute atomic E-state index is 0.0741. The van der Waals surface area contributed by atoms with Gasteiger partial charge in [-0.2, -0.15) is 5.26 Å². The van der Waals surface area contributed by atoms with E-state index in [1.807, 2.05) is 30.3 Å². The minimum Gasteiger partial charge on any atom is -0.258 e. The number of nitriles is 1. The molecule has 0 amide bonds. The number of halogens is 1. The predicted molar refractivity (Wildman–Crippen MR) is 76.1 cm³/mol. The van der Waals surface area contributed by atoms with Crippen molar-refractivity contribution in [3.8, 4) is 6.07 Å². The van der Waals surface area contributed by atoms with Crippen molar-refractivity contribution in [3.63, 3.8) is 0 Å². The molecule has 0 saturated heterocycles. The Morgan fingerprint density at radius 3 is 2.58 bits per heavy atom. The van der Waals surface area contributed by atoms with Gasteiger partial charge < -0.3 is 0 Å². The van der Waals surface area contributed by atoms with Gasteiger partial charge in [-0.15, -0.1) is 0 Å². The zero-order chi connectivity index (χ0) is 13.8. The van der Waals surface area contributed by atoms with Crippen LogP contribution in [0.25, 0.3) is 0 Å². The molecule has 4 nitrogen and oxygen atoms in total. The molecule has 2 aromatic rings. The first kappa shape index (κ1) is 13.6. The zero-order valence-corrected chi connectivity index (χ0v) is 11.9. The molecule has 0 aliphatic rings. The van der Waals surface area contributed by atoms with Crippen molar-refractivity contribution in [2.45, 2.75) is 9.79 Å². The van der Waals surface area contributed by atoms with Crippen LogP contribution in [-0.2, 0) is 0 Å². The summed E-state index contributed by atoms with van der Waals surface area (Å²) >= 11 is 4.83. The summed E-state index contributed by atoms with van der Waals surface area (Å²) in [6, 6.07) is 14.1. The van der Waals surface area contributed by atoms with Crippen LogP contribution in [0.1, 0.15) is 5.56 Å². The Hall–Kier alpha value is -1.84. The number of nitrogens with zero attached hydrogens (tertiary/aromatic N) is 2. The molecule has 0 fully saturated rings. The SMILES string of the molecule is N#Cc1cc(Sc2cccc(Br)c2)ccc1[N+](=O)[O-]. The van der Waals surface area contributed by atoms with E-state index in [4.69, 9.17) is 5.26 Å². The van der Waals surface area contributed by atoms with Gasteiger partial charge in [0.05, 0.1) is 4.92 Å². The van der Waals surface area contributed by atoms with E-state index >= 15 is 0 Å². The standard InChI is InChI=1S/C13H7BrN2O2S/c14-10-2-1-3-11(7-10)19-12-4-5-13(16(17)18)9(6-12)8-15/h1-7H. The second-order valence-electron chi connectivity index (χ2n) is 3.61. The third kappa shape index (κ3) is 3.34. The van der Waals surface area contributed by atoms with Crippen LogP contribution in [-0.4, -0.2) is 4.92 Å². The van der Waals surface area contributed by atoms with Crippen molar-refractivity contribution < 1.29 is 4.92 Å². The Kier molecular flexibility index (Phi) is 4.20. The number of nitro groups is 1. The number of rotatable bonds is 3. The van der Waals surface area contributed by atoms with Crippen molar-refractivity contribution in [1.82, 2.24) is 0 Å². The highest BCUT2D eigenvalue weighted by Crippen LogP contribution is 2.32. The summed E-state index contributed by atoms with van der Waals surface area (Å²) in [5.74, 6) is 0. The Bertz CT molecular complexity index is 683. The third-order valence-corrected chi connectivity index (χ3v) is 3.79. The number of benzene rings is 2. The molecule has 0 aromatic heterocycles. The average molecular weight is 335 g/mol. The van der Waals surface area contributed by atoms with E-state index in [0.29, 0.717) is 0 Å². The van der Waals surface area contributed by atoms with Crippen LogP contribution in [0.4, 0.5) is 5.69 Å². The lowest BCUT2D eigenvalue weighted by atomic mass is 10.2. The Balaban J connectivity index is 2.32. The van der Waals surface area contributed by atoms with Gasteiger partial charge in [0.2, 0.25) is 0 Å². The van der Waals surface area contributed by atoms with E-state index in [-0.39, 0.29) is 11.3 Å². The summed E-state index contributed by atoms with van der Waals surface area (Å²) in [5.41, 5.74) is -0.0916. The summed E-state index contributed by atoms with van der Waals surface area (Å²) in [4.78, 5) is 12.0. The molecule has 0 unspecified atom stereocenters. The van der Waals surface area contributed by atoms with Gasteiger partial charge in [-0.25, -0.2) is 0 Å². The second-order valence-corrected chi connectivity index (χ2v) is 5.67. The zero-order valence-electron chi connectivity index (χ0n) is 9.54. The van der Waals surface area contributed by atoms with Gasteiger partial charge in [0.1, 0.15) is 11.6 Å². The molecule has 0 spiro atoms. The smallest absolute Gasteiger partial charge is 0.258 e. The van der Waals surface area contributed by atoms with E-state index in [9.17, 15) is 10.1 Å². The van der Waals surface area contributed by atoms with Crippen LogP contribution in [0.2, 0.25) is 0 Å². The molecule has 0 aliphatic carbocycles. The molecule has 0 heterocycles. The highest BCUT2D eigenvalue weighted by molar-refractivity contribution is 9.10. The van der Waals surface area contributed by atoms with Crippen LogP contribution < -0.4 is 0 Å². The van der Waals surface area contributed by atoms with E-state index in [0.717, 1.165) is 14.3 Å². The van der Waals surface area contributed by atoms with Crippen LogP contribution in [0.3, 0.4) is 0 Å². The quantitative estimate of drug-likeness (QED) is 0.617. The molecule has 0 atom stereocenters. The molecule has 0 aliphatic heterocycles. The summed E-state index contributed by atoms with van der Waals surface area (Å²) in [6.07, 6.45) is 0. The van der Waals surface area contributed by atoms with Gasteiger partial charge in [0, 0.05) is 20.3 Å². The fourth-order valence-electron chi connectivity index (χ4n) is 1.49. The Morgan fingerprint density at radius 1 is 1.21 bits per heavy atom. The molecule has 6 heteroatoms. The van der Waals surface area contributed by atoms with Crippen LogP contribution in [0, 0.1) is 21.4 Å². The molecule has 2 aromatic carbocycles. The number of nitro benzene ring substituents is 1. The Labute approximate surface area is 122 Å². The maximum absolute atomic E-state index is 10.7. The van der Waals surface area contributed by atoms with Gasteiger partial charge in [-0.1, -0.05) is 33.8 Å². The van der Waals surface area contributed by atoms with Crippen LogP contribution in [0.5, 0.6) is 0 Å². The molecule has 2 rings (SSSR count). The maximum Gasteiger partial charge on any atom is 0.287 e. The van der Waals surface area contributed by atoms with E-state index in [1.54, 1.807) is 6.07 Å². The lowest BCUT2D eigenvalue weighted by Gasteiger charge is -2.03. The highest BCUT2D eigenvalue weighted by atomic mass is 79.9.